The second-order valence-electron chi connectivity index (χ2n) is 4.82. The van der Waals surface area contributed by atoms with Gasteiger partial charge < -0.3 is 5.11 Å². The fourth-order valence-corrected chi connectivity index (χ4v) is 2.31. The highest BCUT2D eigenvalue weighted by molar-refractivity contribution is 5.16. The largest absolute Gasteiger partial charge is 0.393 e. The number of rotatable bonds is 2. The van der Waals surface area contributed by atoms with E-state index in [0.717, 1.165) is 19.3 Å². The Kier molecular flexibility index (Phi) is 3.18. The average molecular weight is 182 g/mol. The predicted octanol–water partition coefficient (Wildman–Crippen LogP) is 3.28. The Hall–Kier alpha value is -0.300. The molecular weight excluding hydrogens is 160 g/mol. The van der Waals surface area contributed by atoms with Crippen LogP contribution in [0.2, 0.25) is 0 Å². The summed E-state index contributed by atoms with van der Waals surface area (Å²) >= 11 is 0. The Morgan fingerprint density at radius 3 is 2.46 bits per heavy atom. The highest BCUT2D eigenvalue weighted by atomic mass is 16.3. The third-order valence-electron chi connectivity index (χ3n) is 3.66. The maximum Gasteiger partial charge on any atom is 0.0594 e. The Bertz CT molecular complexity index is 217. The number of hydrogen-bond acceptors (Lipinski definition) is 1. The maximum atomic E-state index is 9.92. The molecule has 1 heteroatoms. The van der Waals surface area contributed by atoms with E-state index in [0.29, 0.717) is 0 Å². The summed E-state index contributed by atoms with van der Waals surface area (Å²) in [5, 5.41) is 9.92. The lowest BCUT2D eigenvalue weighted by atomic mass is 9.69. The van der Waals surface area contributed by atoms with Gasteiger partial charge >= 0.3 is 0 Å². The summed E-state index contributed by atoms with van der Waals surface area (Å²) in [5.74, 6) is 0. The molecular formula is C12H22O. The third kappa shape index (κ3) is 2.14. The Balaban J connectivity index is 2.75. The molecule has 0 spiro atoms. The first kappa shape index (κ1) is 10.8. The number of aliphatic hydroxyl groups is 1. The van der Waals surface area contributed by atoms with Crippen molar-refractivity contribution in [2.45, 2.75) is 59.5 Å². The van der Waals surface area contributed by atoms with Gasteiger partial charge in [-0.3, -0.25) is 0 Å². The molecule has 1 nitrogen and oxygen atoms in total. The molecule has 13 heavy (non-hydrogen) atoms. The van der Waals surface area contributed by atoms with Crippen LogP contribution in [0.25, 0.3) is 0 Å². The molecule has 0 radical (unpaired) electrons. The van der Waals surface area contributed by atoms with E-state index in [4.69, 9.17) is 0 Å². The van der Waals surface area contributed by atoms with Gasteiger partial charge in [0.15, 0.2) is 0 Å². The molecule has 0 aromatic heterocycles. The van der Waals surface area contributed by atoms with E-state index < -0.39 is 0 Å². The van der Waals surface area contributed by atoms with Crippen molar-refractivity contribution in [2.75, 3.05) is 0 Å². The van der Waals surface area contributed by atoms with Crippen LogP contribution >= 0.6 is 0 Å². The predicted molar refractivity (Wildman–Crippen MR) is 56.6 cm³/mol. The lowest BCUT2D eigenvalue weighted by Gasteiger charge is -2.38. The first-order valence-electron chi connectivity index (χ1n) is 5.33. The van der Waals surface area contributed by atoms with Gasteiger partial charge in [0.25, 0.3) is 0 Å². The smallest absolute Gasteiger partial charge is 0.0594 e. The molecule has 0 amide bonds. The van der Waals surface area contributed by atoms with Gasteiger partial charge in [-0.15, -0.1) is 0 Å². The van der Waals surface area contributed by atoms with E-state index >= 15 is 0 Å². The third-order valence-corrected chi connectivity index (χ3v) is 3.66. The van der Waals surface area contributed by atoms with E-state index in [2.05, 4.69) is 27.7 Å². The summed E-state index contributed by atoms with van der Waals surface area (Å²) in [7, 11) is 0. The summed E-state index contributed by atoms with van der Waals surface area (Å²) in [5.41, 5.74) is 3.15. The van der Waals surface area contributed by atoms with Crippen molar-refractivity contribution in [3.05, 3.63) is 11.1 Å². The van der Waals surface area contributed by atoms with Gasteiger partial charge in [0, 0.05) is 0 Å². The van der Waals surface area contributed by atoms with Crippen LogP contribution in [0.3, 0.4) is 0 Å². The van der Waals surface area contributed by atoms with Crippen molar-refractivity contribution in [3.8, 4) is 0 Å². The van der Waals surface area contributed by atoms with Crippen molar-refractivity contribution in [2.24, 2.45) is 5.41 Å². The van der Waals surface area contributed by atoms with Gasteiger partial charge in [-0.05, 0) is 44.9 Å². The monoisotopic (exact) mass is 182 g/mol. The van der Waals surface area contributed by atoms with Gasteiger partial charge in [0.05, 0.1) is 6.10 Å². The number of aliphatic hydroxyl groups excluding tert-OH is 1. The first-order valence-corrected chi connectivity index (χ1v) is 5.33. The molecule has 1 aliphatic carbocycles. The molecule has 1 rings (SSSR count). The lowest BCUT2D eigenvalue weighted by molar-refractivity contribution is 0.0243. The van der Waals surface area contributed by atoms with Gasteiger partial charge in [0.1, 0.15) is 0 Å². The van der Waals surface area contributed by atoms with E-state index in [1.54, 1.807) is 0 Å². The molecule has 0 aromatic carbocycles. The molecule has 2 atom stereocenters. The zero-order valence-electron chi connectivity index (χ0n) is 9.35. The first-order chi connectivity index (χ1) is 5.99. The quantitative estimate of drug-likeness (QED) is 0.650. The van der Waals surface area contributed by atoms with E-state index in [1.807, 2.05) is 0 Å². The zero-order valence-corrected chi connectivity index (χ0v) is 9.35. The molecule has 0 heterocycles. The molecule has 0 aromatic rings. The SMILES string of the molecule is CCC(O)C1(C)CCC(C)=C(C)C1. The second-order valence-corrected chi connectivity index (χ2v) is 4.82. The van der Waals surface area contributed by atoms with Crippen LogP contribution in [0.1, 0.15) is 53.4 Å². The summed E-state index contributed by atoms with van der Waals surface area (Å²) < 4.78 is 0. The molecule has 1 N–H and O–H groups in total. The van der Waals surface area contributed by atoms with Gasteiger partial charge in [-0.25, -0.2) is 0 Å². The maximum absolute atomic E-state index is 9.92. The van der Waals surface area contributed by atoms with Crippen LogP contribution in [0.4, 0.5) is 0 Å². The Morgan fingerprint density at radius 2 is 2.00 bits per heavy atom. The van der Waals surface area contributed by atoms with E-state index in [-0.39, 0.29) is 11.5 Å². The highest BCUT2D eigenvalue weighted by Crippen LogP contribution is 2.42. The molecule has 76 valence electrons. The van der Waals surface area contributed by atoms with Crippen LogP contribution in [-0.2, 0) is 0 Å². The van der Waals surface area contributed by atoms with Crippen LogP contribution in [0, 0.1) is 5.41 Å². The average Bonchev–Trinajstić information content (AvgIpc) is 2.11. The molecule has 0 saturated carbocycles. The normalized spacial score (nSPS) is 32.1. The number of hydrogen-bond donors (Lipinski definition) is 1. The van der Waals surface area contributed by atoms with Crippen LogP contribution in [0.5, 0.6) is 0 Å². The minimum Gasteiger partial charge on any atom is -0.393 e. The molecule has 0 aliphatic heterocycles. The summed E-state index contributed by atoms with van der Waals surface area (Å²) in [4.78, 5) is 0. The van der Waals surface area contributed by atoms with Crippen LogP contribution in [0.15, 0.2) is 11.1 Å². The number of allylic oxidation sites excluding steroid dienone is 2. The fourth-order valence-electron chi connectivity index (χ4n) is 2.31. The highest BCUT2D eigenvalue weighted by Gasteiger charge is 2.34. The van der Waals surface area contributed by atoms with E-state index in [9.17, 15) is 5.11 Å². The Labute approximate surface area is 81.9 Å². The van der Waals surface area contributed by atoms with Crippen molar-refractivity contribution in [3.63, 3.8) is 0 Å². The van der Waals surface area contributed by atoms with Crippen LogP contribution in [-0.4, -0.2) is 11.2 Å². The van der Waals surface area contributed by atoms with Gasteiger partial charge in [-0.2, -0.15) is 0 Å². The van der Waals surface area contributed by atoms with Gasteiger partial charge in [0.2, 0.25) is 0 Å². The minimum atomic E-state index is -0.129. The molecule has 0 saturated heterocycles. The zero-order chi connectivity index (χ0) is 10.1. The van der Waals surface area contributed by atoms with Crippen molar-refractivity contribution >= 4 is 0 Å². The van der Waals surface area contributed by atoms with Crippen molar-refractivity contribution < 1.29 is 5.11 Å². The Morgan fingerprint density at radius 1 is 1.38 bits per heavy atom. The standard InChI is InChI=1S/C12H22O/c1-5-11(13)12(4)7-6-9(2)10(3)8-12/h11,13H,5-8H2,1-4H3. The summed E-state index contributed by atoms with van der Waals surface area (Å²) in [6, 6.07) is 0. The van der Waals surface area contributed by atoms with Crippen LogP contribution < -0.4 is 0 Å². The van der Waals surface area contributed by atoms with E-state index in [1.165, 1.54) is 17.6 Å². The molecule has 0 fully saturated rings. The second kappa shape index (κ2) is 3.83. The van der Waals surface area contributed by atoms with Gasteiger partial charge in [-0.1, -0.05) is 25.0 Å². The molecule has 2 unspecified atom stereocenters. The lowest BCUT2D eigenvalue weighted by Crippen LogP contribution is -2.34. The molecule has 1 aliphatic rings. The van der Waals surface area contributed by atoms with Crippen molar-refractivity contribution in [1.29, 1.82) is 0 Å². The van der Waals surface area contributed by atoms with Crippen molar-refractivity contribution in [1.82, 2.24) is 0 Å². The minimum absolute atomic E-state index is 0.129. The fraction of sp³-hybridized carbons (Fsp3) is 0.833. The topological polar surface area (TPSA) is 20.2 Å². The summed E-state index contributed by atoms with van der Waals surface area (Å²) in [6.07, 6.45) is 4.14. The summed E-state index contributed by atoms with van der Waals surface area (Å²) in [6.45, 7) is 8.70. The molecule has 0 bridgehead atoms.